The minimum atomic E-state index is -5.00. The van der Waals surface area contributed by atoms with Crippen molar-refractivity contribution in [3.8, 4) is 10.4 Å². The van der Waals surface area contributed by atoms with Gasteiger partial charge in [0.25, 0.3) is 11.8 Å². The maximum atomic E-state index is 14.2. The molecule has 0 aliphatic carbocycles. The fraction of sp³-hybridized carbons (Fsp3) is 0.565. The van der Waals surface area contributed by atoms with Crippen molar-refractivity contribution in [3.05, 3.63) is 28.5 Å². The number of sulfonamides is 1. The Kier molecular flexibility index (Phi) is 8.92. The maximum Gasteiger partial charge on any atom is 0.417 e. The summed E-state index contributed by atoms with van der Waals surface area (Å²) < 4.78 is 82.6. The molecule has 0 spiro atoms. The van der Waals surface area contributed by atoms with Crippen LogP contribution in [0.25, 0.3) is 10.4 Å². The van der Waals surface area contributed by atoms with Gasteiger partial charge in [-0.1, -0.05) is 0 Å². The van der Waals surface area contributed by atoms with Crippen LogP contribution in [0.2, 0.25) is 0 Å². The van der Waals surface area contributed by atoms with Gasteiger partial charge in [0.2, 0.25) is 10.0 Å². The van der Waals surface area contributed by atoms with Crippen molar-refractivity contribution in [1.82, 2.24) is 20.2 Å². The van der Waals surface area contributed by atoms with E-state index >= 15 is 0 Å². The zero-order valence-electron chi connectivity index (χ0n) is 21.6. The molecule has 3 heterocycles. The number of aliphatic hydroxyl groups is 1. The number of alkyl halides is 4. The summed E-state index contributed by atoms with van der Waals surface area (Å²) in [6.45, 7) is 5.36. The van der Waals surface area contributed by atoms with E-state index in [1.807, 2.05) is 4.72 Å². The molecule has 216 valence electrons. The van der Waals surface area contributed by atoms with Gasteiger partial charge in [-0.25, -0.2) is 22.8 Å². The van der Waals surface area contributed by atoms with E-state index in [9.17, 15) is 40.7 Å². The number of hydrogen-bond donors (Lipinski definition) is 3. The van der Waals surface area contributed by atoms with Crippen LogP contribution in [-0.4, -0.2) is 76.9 Å². The van der Waals surface area contributed by atoms with Crippen molar-refractivity contribution in [2.24, 2.45) is 0 Å². The minimum Gasteiger partial charge on any atom is -0.389 e. The Morgan fingerprint density at radius 1 is 1.23 bits per heavy atom. The van der Waals surface area contributed by atoms with Crippen molar-refractivity contribution in [2.75, 3.05) is 24.4 Å². The van der Waals surface area contributed by atoms with Gasteiger partial charge in [0.1, 0.15) is 17.7 Å². The molecule has 10 nitrogen and oxygen atoms in total. The van der Waals surface area contributed by atoms with Crippen LogP contribution >= 0.6 is 11.3 Å². The molecule has 39 heavy (non-hydrogen) atoms. The zero-order chi connectivity index (χ0) is 29.3. The Labute approximate surface area is 226 Å². The second-order valence-corrected chi connectivity index (χ2v) is 13.2. The highest BCUT2D eigenvalue weighted by Crippen LogP contribution is 2.42. The molecular weight excluding hydrogens is 566 g/mol. The van der Waals surface area contributed by atoms with Crippen LogP contribution in [0.5, 0.6) is 0 Å². The van der Waals surface area contributed by atoms with E-state index < -0.39 is 67.7 Å². The Morgan fingerprint density at radius 3 is 2.38 bits per heavy atom. The van der Waals surface area contributed by atoms with Gasteiger partial charge in [0, 0.05) is 31.4 Å². The summed E-state index contributed by atoms with van der Waals surface area (Å²) in [6, 6.07) is 0.506. The van der Waals surface area contributed by atoms with Gasteiger partial charge in [-0.3, -0.25) is 14.3 Å². The first-order valence-electron chi connectivity index (χ1n) is 11.9. The van der Waals surface area contributed by atoms with Crippen LogP contribution in [0, 0.1) is 0 Å². The number of halogens is 4. The standard InChI is InChI=1S/C23H29F4N5O5S2/c1-12(2)39(36,37)31-16-9-15(23(25,26)27)14(10-28-16)18-17(21(34)32-7-5-13(24)6-8-32)30-20(38-18)19(33)29-11-22(3,4)35/h9-10,12-13,35H,5-8,11H2,1-4H3,(H,28,31)(H,29,33). The number of aromatic nitrogens is 2. The summed E-state index contributed by atoms with van der Waals surface area (Å²) in [7, 11) is -4.01. The van der Waals surface area contributed by atoms with Crippen molar-refractivity contribution < 1.29 is 40.7 Å². The number of carbonyl (C=O) groups excluding carboxylic acids is 2. The first-order chi connectivity index (χ1) is 17.9. The lowest BCUT2D eigenvalue weighted by Crippen LogP contribution is -2.39. The summed E-state index contributed by atoms with van der Waals surface area (Å²) in [5.74, 6) is -2.19. The number of piperidine rings is 1. The number of nitrogens with one attached hydrogen (secondary N) is 2. The molecule has 0 unspecified atom stereocenters. The Hall–Kier alpha value is -2.85. The first kappa shape index (κ1) is 30.7. The van der Waals surface area contributed by atoms with E-state index in [4.69, 9.17) is 0 Å². The average molecular weight is 596 g/mol. The minimum absolute atomic E-state index is 0.0114. The summed E-state index contributed by atoms with van der Waals surface area (Å²) in [5, 5.41) is 11.0. The lowest BCUT2D eigenvalue weighted by Gasteiger charge is -2.28. The number of likely N-dealkylation sites (tertiary alicyclic amines) is 1. The maximum absolute atomic E-state index is 14.2. The molecule has 16 heteroatoms. The number of amides is 2. The average Bonchev–Trinajstić information content (AvgIpc) is 3.26. The number of anilines is 1. The van der Waals surface area contributed by atoms with Gasteiger partial charge in [-0.05, 0) is 46.6 Å². The van der Waals surface area contributed by atoms with Gasteiger partial charge in [-0.2, -0.15) is 13.2 Å². The van der Waals surface area contributed by atoms with Crippen LogP contribution in [0.3, 0.4) is 0 Å². The molecule has 0 radical (unpaired) electrons. The fourth-order valence-corrected chi connectivity index (χ4v) is 5.14. The predicted molar refractivity (Wildman–Crippen MR) is 137 cm³/mol. The highest BCUT2D eigenvalue weighted by atomic mass is 32.2. The highest BCUT2D eigenvalue weighted by molar-refractivity contribution is 7.93. The largest absolute Gasteiger partial charge is 0.417 e. The molecule has 1 fully saturated rings. The molecule has 1 aliphatic rings. The Balaban J connectivity index is 2.13. The van der Waals surface area contributed by atoms with Crippen molar-refractivity contribution >= 4 is 39.0 Å². The number of pyridine rings is 1. The number of rotatable bonds is 8. The topological polar surface area (TPSA) is 142 Å². The van der Waals surface area contributed by atoms with E-state index in [-0.39, 0.29) is 42.4 Å². The van der Waals surface area contributed by atoms with Gasteiger partial charge in [0.05, 0.1) is 21.3 Å². The molecule has 0 bridgehead atoms. The SMILES string of the molecule is CC(C)S(=O)(=O)Nc1cc(C(F)(F)F)c(-c2sc(C(=O)NCC(C)(C)O)nc2C(=O)N2CCC(F)CC2)cn1. The predicted octanol–water partition coefficient (Wildman–Crippen LogP) is 3.45. The number of nitrogens with zero attached hydrogens (tertiary/aromatic N) is 3. The summed E-state index contributed by atoms with van der Waals surface area (Å²) in [6.07, 6.45) is -5.27. The van der Waals surface area contributed by atoms with Gasteiger partial charge in [-0.15, -0.1) is 11.3 Å². The second kappa shape index (κ2) is 11.3. The third-order valence-corrected chi connectivity index (χ3v) is 8.56. The van der Waals surface area contributed by atoms with Gasteiger partial charge < -0.3 is 15.3 Å². The molecule has 2 amide bonds. The number of hydrogen-bond acceptors (Lipinski definition) is 8. The second-order valence-electron chi connectivity index (χ2n) is 9.97. The smallest absolute Gasteiger partial charge is 0.389 e. The first-order valence-corrected chi connectivity index (χ1v) is 14.3. The lowest BCUT2D eigenvalue weighted by atomic mass is 10.1. The molecule has 0 aromatic carbocycles. The third kappa shape index (κ3) is 7.63. The molecule has 2 aromatic heterocycles. The Bertz CT molecular complexity index is 1330. The normalized spacial score (nSPS) is 15.5. The van der Waals surface area contributed by atoms with E-state index in [0.29, 0.717) is 17.4 Å². The quantitative estimate of drug-likeness (QED) is 0.397. The fourth-order valence-electron chi connectivity index (χ4n) is 3.51. The van der Waals surface area contributed by atoms with Crippen LogP contribution in [0.1, 0.15) is 66.4 Å². The number of thiazole rings is 1. The molecule has 3 rings (SSSR count). The highest BCUT2D eigenvalue weighted by Gasteiger charge is 2.38. The third-order valence-electron chi connectivity index (χ3n) is 5.74. The van der Waals surface area contributed by atoms with E-state index in [1.54, 1.807) is 0 Å². The summed E-state index contributed by atoms with van der Waals surface area (Å²) >= 11 is 0.513. The molecule has 1 saturated heterocycles. The van der Waals surface area contributed by atoms with E-state index in [2.05, 4.69) is 15.3 Å². The van der Waals surface area contributed by atoms with Crippen LogP contribution in [0.4, 0.5) is 23.4 Å². The summed E-state index contributed by atoms with van der Waals surface area (Å²) in [5.41, 5.74) is -3.63. The zero-order valence-corrected chi connectivity index (χ0v) is 23.2. The van der Waals surface area contributed by atoms with Crippen LogP contribution in [-0.2, 0) is 16.2 Å². The molecule has 2 aromatic rings. The van der Waals surface area contributed by atoms with Crippen LogP contribution in [0.15, 0.2) is 12.3 Å². The van der Waals surface area contributed by atoms with Gasteiger partial charge >= 0.3 is 6.18 Å². The van der Waals surface area contributed by atoms with E-state index in [1.165, 1.54) is 32.6 Å². The van der Waals surface area contributed by atoms with Crippen molar-refractivity contribution in [1.29, 1.82) is 0 Å². The monoisotopic (exact) mass is 595 g/mol. The Morgan fingerprint density at radius 2 is 1.85 bits per heavy atom. The van der Waals surface area contributed by atoms with Crippen molar-refractivity contribution in [2.45, 2.75) is 63.7 Å². The molecular formula is C23H29F4N5O5S2. The van der Waals surface area contributed by atoms with Crippen LogP contribution < -0.4 is 10.0 Å². The van der Waals surface area contributed by atoms with Gasteiger partial charge in [0.15, 0.2) is 5.01 Å². The number of carbonyl (C=O) groups is 2. The molecule has 1 aliphatic heterocycles. The molecule has 0 saturated carbocycles. The summed E-state index contributed by atoms with van der Waals surface area (Å²) in [4.78, 5) is 34.9. The lowest BCUT2D eigenvalue weighted by molar-refractivity contribution is -0.137. The molecule has 0 atom stereocenters. The van der Waals surface area contributed by atoms with E-state index in [0.717, 1.165) is 6.20 Å². The van der Waals surface area contributed by atoms with Crippen molar-refractivity contribution in [3.63, 3.8) is 0 Å². The molecule has 3 N–H and O–H groups in total.